The Bertz CT molecular complexity index is 289. The van der Waals surface area contributed by atoms with Crippen LogP contribution in [0.4, 0.5) is 0 Å². The van der Waals surface area contributed by atoms with E-state index < -0.39 is 0 Å². The van der Waals surface area contributed by atoms with Crippen molar-refractivity contribution in [2.75, 3.05) is 19.6 Å². The summed E-state index contributed by atoms with van der Waals surface area (Å²) in [5, 5.41) is 12.7. The largest absolute Gasteiger partial charge is 0.316 e. The highest BCUT2D eigenvalue weighted by atomic mass is 16.1. The molecule has 0 unspecified atom stereocenters. The first-order valence-electron chi connectivity index (χ1n) is 4.79. The zero-order chi connectivity index (χ0) is 10.2. The minimum absolute atomic E-state index is 0.165. The van der Waals surface area contributed by atoms with Gasteiger partial charge in [-0.1, -0.05) is 6.92 Å². The Kier molecular flexibility index (Phi) is 4.88. The van der Waals surface area contributed by atoms with E-state index in [1.54, 1.807) is 6.07 Å². The number of hydrogen-bond donors (Lipinski definition) is 3. The smallest absolute Gasteiger partial charge is 0.264 e. The maximum Gasteiger partial charge on any atom is 0.264 e. The number of rotatable bonds is 6. The van der Waals surface area contributed by atoms with E-state index in [0.29, 0.717) is 6.54 Å². The molecular weight excluding hydrogens is 180 g/mol. The van der Waals surface area contributed by atoms with Gasteiger partial charge in [0.25, 0.3) is 5.56 Å². The Hall–Kier alpha value is -1.20. The van der Waals surface area contributed by atoms with E-state index in [0.717, 1.165) is 25.3 Å². The molecule has 1 heterocycles. The molecule has 1 rings (SSSR count). The van der Waals surface area contributed by atoms with Crippen molar-refractivity contribution in [1.29, 1.82) is 0 Å². The first-order valence-corrected chi connectivity index (χ1v) is 4.79. The van der Waals surface area contributed by atoms with E-state index in [1.807, 2.05) is 0 Å². The Morgan fingerprint density at radius 1 is 1.36 bits per heavy atom. The van der Waals surface area contributed by atoms with Gasteiger partial charge in [0.05, 0.1) is 5.69 Å². The normalized spacial score (nSPS) is 10.4. The predicted molar refractivity (Wildman–Crippen MR) is 55.1 cm³/mol. The highest BCUT2D eigenvalue weighted by Crippen LogP contribution is 1.85. The number of aromatic amines is 1. The number of aromatic nitrogens is 2. The molecule has 0 saturated carbocycles. The Morgan fingerprint density at radius 2 is 2.14 bits per heavy atom. The summed E-state index contributed by atoms with van der Waals surface area (Å²) in [6.45, 7) is 5.58. The second-order valence-corrected chi connectivity index (χ2v) is 2.94. The number of nitrogens with one attached hydrogen (secondary N) is 3. The fourth-order valence-electron chi connectivity index (χ4n) is 1.04. The van der Waals surface area contributed by atoms with Crippen molar-refractivity contribution in [3.05, 3.63) is 28.2 Å². The molecule has 0 aliphatic heterocycles. The van der Waals surface area contributed by atoms with Gasteiger partial charge in [0, 0.05) is 25.7 Å². The van der Waals surface area contributed by atoms with E-state index in [-0.39, 0.29) is 5.56 Å². The average Bonchev–Trinajstić information content (AvgIpc) is 2.21. The Labute approximate surface area is 82.9 Å². The molecule has 0 atom stereocenters. The number of hydrogen-bond acceptors (Lipinski definition) is 4. The third-order valence-electron chi connectivity index (χ3n) is 1.77. The maximum atomic E-state index is 10.7. The Balaban J connectivity index is 2.18. The molecule has 14 heavy (non-hydrogen) atoms. The molecule has 0 fully saturated rings. The van der Waals surface area contributed by atoms with Crippen LogP contribution in [-0.4, -0.2) is 29.8 Å². The molecule has 78 valence electrons. The minimum Gasteiger partial charge on any atom is -0.316 e. The molecule has 5 heteroatoms. The van der Waals surface area contributed by atoms with Gasteiger partial charge in [-0.05, 0) is 12.6 Å². The van der Waals surface area contributed by atoms with Crippen LogP contribution in [0.15, 0.2) is 16.9 Å². The van der Waals surface area contributed by atoms with Crippen molar-refractivity contribution in [2.24, 2.45) is 0 Å². The van der Waals surface area contributed by atoms with Gasteiger partial charge in [-0.15, -0.1) is 0 Å². The molecule has 0 amide bonds. The molecule has 0 aromatic carbocycles. The van der Waals surface area contributed by atoms with E-state index in [1.165, 1.54) is 6.07 Å². The summed E-state index contributed by atoms with van der Waals surface area (Å²) in [7, 11) is 0. The van der Waals surface area contributed by atoms with Gasteiger partial charge < -0.3 is 10.6 Å². The van der Waals surface area contributed by atoms with Gasteiger partial charge in [-0.25, -0.2) is 5.10 Å². The third kappa shape index (κ3) is 4.15. The van der Waals surface area contributed by atoms with Gasteiger partial charge >= 0.3 is 0 Å². The van der Waals surface area contributed by atoms with Crippen molar-refractivity contribution in [3.8, 4) is 0 Å². The van der Waals surface area contributed by atoms with E-state index >= 15 is 0 Å². The van der Waals surface area contributed by atoms with Crippen molar-refractivity contribution >= 4 is 0 Å². The zero-order valence-corrected chi connectivity index (χ0v) is 8.34. The standard InChI is InChI=1S/C9H16N4O/c1-2-10-5-6-11-7-8-3-4-9(14)13-12-8/h3-4,10-11H,2,5-7H2,1H3,(H,13,14). The molecule has 0 bridgehead atoms. The lowest BCUT2D eigenvalue weighted by molar-refractivity contribution is 0.614. The van der Waals surface area contributed by atoms with Gasteiger partial charge in [-0.2, -0.15) is 5.10 Å². The Morgan fingerprint density at radius 3 is 2.79 bits per heavy atom. The van der Waals surface area contributed by atoms with Gasteiger partial charge in [0.15, 0.2) is 0 Å². The highest BCUT2D eigenvalue weighted by Gasteiger charge is 1.92. The summed E-state index contributed by atoms with van der Waals surface area (Å²) in [6.07, 6.45) is 0. The lowest BCUT2D eigenvalue weighted by Crippen LogP contribution is -2.27. The third-order valence-corrected chi connectivity index (χ3v) is 1.77. The molecule has 1 aromatic rings. The predicted octanol–water partition coefficient (Wildman–Crippen LogP) is -0.531. The zero-order valence-electron chi connectivity index (χ0n) is 8.34. The fourth-order valence-corrected chi connectivity index (χ4v) is 1.04. The van der Waals surface area contributed by atoms with Crippen LogP contribution in [0, 0.1) is 0 Å². The number of nitrogens with zero attached hydrogens (tertiary/aromatic N) is 1. The van der Waals surface area contributed by atoms with Crippen molar-refractivity contribution in [3.63, 3.8) is 0 Å². The summed E-state index contributed by atoms with van der Waals surface area (Å²) in [6, 6.07) is 3.20. The molecule has 1 aromatic heterocycles. The van der Waals surface area contributed by atoms with Crippen LogP contribution in [0.5, 0.6) is 0 Å². The van der Waals surface area contributed by atoms with Crippen LogP contribution in [-0.2, 0) is 6.54 Å². The number of likely N-dealkylation sites (N-methyl/N-ethyl adjacent to an activating group) is 1. The van der Waals surface area contributed by atoms with Crippen molar-refractivity contribution in [2.45, 2.75) is 13.5 Å². The first kappa shape index (κ1) is 10.9. The molecule has 0 aliphatic carbocycles. The van der Waals surface area contributed by atoms with Gasteiger partial charge in [-0.3, -0.25) is 4.79 Å². The van der Waals surface area contributed by atoms with Gasteiger partial charge in [0.2, 0.25) is 0 Å². The lowest BCUT2D eigenvalue weighted by Gasteiger charge is -2.03. The second-order valence-electron chi connectivity index (χ2n) is 2.94. The van der Waals surface area contributed by atoms with Gasteiger partial charge in [0.1, 0.15) is 0 Å². The fraction of sp³-hybridized carbons (Fsp3) is 0.556. The summed E-state index contributed by atoms with van der Waals surface area (Å²) in [4.78, 5) is 10.7. The first-order chi connectivity index (χ1) is 6.83. The van der Waals surface area contributed by atoms with Crippen LogP contribution in [0.2, 0.25) is 0 Å². The molecule has 0 radical (unpaired) electrons. The van der Waals surface area contributed by atoms with E-state index in [9.17, 15) is 4.79 Å². The maximum absolute atomic E-state index is 10.7. The van der Waals surface area contributed by atoms with Crippen molar-refractivity contribution in [1.82, 2.24) is 20.8 Å². The van der Waals surface area contributed by atoms with E-state index in [4.69, 9.17) is 0 Å². The molecule has 0 spiro atoms. The van der Waals surface area contributed by atoms with Crippen molar-refractivity contribution < 1.29 is 0 Å². The second kappa shape index (κ2) is 6.28. The number of H-pyrrole nitrogens is 1. The summed E-state index contributed by atoms with van der Waals surface area (Å²) in [5.74, 6) is 0. The minimum atomic E-state index is -0.165. The van der Waals surface area contributed by atoms with Crippen LogP contribution < -0.4 is 16.2 Å². The lowest BCUT2D eigenvalue weighted by atomic mass is 10.4. The molecule has 3 N–H and O–H groups in total. The topological polar surface area (TPSA) is 69.8 Å². The van der Waals surface area contributed by atoms with Crippen LogP contribution in [0.25, 0.3) is 0 Å². The highest BCUT2D eigenvalue weighted by molar-refractivity contribution is 4.98. The monoisotopic (exact) mass is 196 g/mol. The summed E-state index contributed by atoms with van der Waals surface area (Å²) >= 11 is 0. The summed E-state index contributed by atoms with van der Waals surface area (Å²) in [5.41, 5.74) is 0.683. The molecule has 0 saturated heterocycles. The molecular formula is C9H16N4O. The summed E-state index contributed by atoms with van der Waals surface area (Å²) < 4.78 is 0. The van der Waals surface area contributed by atoms with E-state index in [2.05, 4.69) is 27.8 Å². The van der Waals surface area contributed by atoms with Crippen LogP contribution in [0.3, 0.4) is 0 Å². The molecule has 0 aliphatic rings. The molecule has 5 nitrogen and oxygen atoms in total. The SMILES string of the molecule is CCNCCNCc1ccc(=O)[nH]n1. The average molecular weight is 196 g/mol. The van der Waals surface area contributed by atoms with Crippen LogP contribution >= 0.6 is 0 Å². The van der Waals surface area contributed by atoms with Crippen LogP contribution in [0.1, 0.15) is 12.6 Å². The quantitative estimate of drug-likeness (QED) is 0.535.